The Bertz CT molecular complexity index is 496. The van der Waals surface area contributed by atoms with Crippen LogP contribution in [-0.4, -0.2) is 17.1 Å². The number of benzene rings is 1. The van der Waals surface area contributed by atoms with Gasteiger partial charge in [0, 0.05) is 18.2 Å². The number of aryl methyl sites for hydroxylation is 1. The molecule has 0 saturated heterocycles. The standard InChI is InChI=1S/C13H17NO4/c1-5-17-12-10-8(2)6-7-9(14(15)16)11(10)18-13(12,3)4/h6-7,12H,5H2,1-4H3. The molecule has 1 aliphatic heterocycles. The van der Waals surface area contributed by atoms with E-state index in [1.807, 2.05) is 27.7 Å². The molecule has 5 nitrogen and oxygen atoms in total. The lowest BCUT2D eigenvalue weighted by Crippen LogP contribution is -2.32. The third kappa shape index (κ3) is 1.84. The van der Waals surface area contributed by atoms with Gasteiger partial charge in [0.2, 0.25) is 5.75 Å². The Morgan fingerprint density at radius 2 is 2.17 bits per heavy atom. The highest BCUT2D eigenvalue weighted by Gasteiger charge is 2.46. The molecule has 5 heteroatoms. The van der Waals surface area contributed by atoms with Crippen LogP contribution in [0.3, 0.4) is 0 Å². The molecule has 0 spiro atoms. The maximum absolute atomic E-state index is 11.0. The summed E-state index contributed by atoms with van der Waals surface area (Å²) in [4.78, 5) is 10.6. The van der Waals surface area contributed by atoms with Crippen molar-refractivity contribution < 1.29 is 14.4 Å². The molecular weight excluding hydrogens is 234 g/mol. The molecule has 2 rings (SSSR count). The fraction of sp³-hybridized carbons (Fsp3) is 0.538. The van der Waals surface area contributed by atoms with Crippen LogP contribution in [0.2, 0.25) is 0 Å². The van der Waals surface area contributed by atoms with Gasteiger partial charge in [0.25, 0.3) is 0 Å². The second-order valence-electron chi connectivity index (χ2n) is 4.94. The molecule has 1 aromatic rings. The molecule has 0 aromatic heterocycles. The second kappa shape index (κ2) is 4.24. The molecule has 0 bridgehead atoms. The summed E-state index contributed by atoms with van der Waals surface area (Å²) in [6, 6.07) is 3.23. The van der Waals surface area contributed by atoms with E-state index in [1.54, 1.807) is 6.07 Å². The van der Waals surface area contributed by atoms with Crippen molar-refractivity contribution in [1.82, 2.24) is 0 Å². The quantitative estimate of drug-likeness (QED) is 0.611. The normalized spacial score (nSPS) is 20.3. The maximum atomic E-state index is 11.0. The number of hydrogen-bond donors (Lipinski definition) is 0. The molecule has 0 saturated carbocycles. The summed E-state index contributed by atoms with van der Waals surface area (Å²) < 4.78 is 11.5. The maximum Gasteiger partial charge on any atom is 0.311 e. The third-order valence-corrected chi connectivity index (χ3v) is 3.18. The van der Waals surface area contributed by atoms with Gasteiger partial charge in [-0.2, -0.15) is 0 Å². The van der Waals surface area contributed by atoms with Gasteiger partial charge >= 0.3 is 5.69 Å². The van der Waals surface area contributed by atoms with Gasteiger partial charge in [0.15, 0.2) is 0 Å². The van der Waals surface area contributed by atoms with Crippen LogP contribution in [0.5, 0.6) is 5.75 Å². The van der Waals surface area contributed by atoms with E-state index in [4.69, 9.17) is 9.47 Å². The number of hydrogen-bond acceptors (Lipinski definition) is 4. The van der Waals surface area contributed by atoms with Crippen molar-refractivity contribution in [3.63, 3.8) is 0 Å². The van der Waals surface area contributed by atoms with Gasteiger partial charge < -0.3 is 9.47 Å². The highest BCUT2D eigenvalue weighted by atomic mass is 16.6. The zero-order valence-corrected chi connectivity index (χ0v) is 11.0. The van der Waals surface area contributed by atoms with E-state index in [9.17, 15) is 10.1 Å². The zero-order valence-electron chi connectivity index (χ0n) is 11.0. The zero-order chi connectivity index (χ0) is 13.5. The van der Waals surface area contributed by atoms with Gasteiger partial charge in [-0.05, 0) is 33.3 Å². The van der Waals surface area contributed by atoms with Gasteiger partial charge in [0.1, 0.15) is 11.7 Å². The van der Waals surface area contributed by atoms with Crippen molar-refractivity contribution in [2.75, 3.05) is 6.61 Å². The molecule has 18 heavy (non-hydrogen) atoms. The van der Waals surface area contributed by atoms with Gasteiger partial charge in [-0.1, -0.05) is 6.07 Å². The lowest BCUT2D eigenvalue weighted by Gasteiger charge is -2.26. The first-order valence-corrected chi connectivity index (χ1v) is 5.97. The third-order valence-electron chi connectivity index (χ3n) is 3.18. The van der Waals surface area contributed by atoms with Gasteiger partial charge in [0.05, 0.1) is 4.92 Å². The Morgan fingerprint density at radius 1 is 1.50 bits per heavy atom. The molecule has 1 heterocycles. The lowest BCUT2D eigenvalue weighted by atomic mass is 9.94. The summed E-state index contributed by atoms with van der Waals surface area (Å²) in [6.45, 7) is 8.13. The summed E-state index contributed by atoms with van der Waals surface area (Å²) in [5.41, 5.74) is 1.18. The molecule has 0 N–H and O–H groups in total. The van der Waals surface area contributed by atoms with Crippen LogP contribution in [0, 0.1) is 17.0 Å². The van der Waals surface area contributed by atoms with Crippen molar-refractivity contribution in [3.8, 4) is 5.75 Å². The number of rotatable bonds is 3. The molecule has 1 aliphatic rings. The van der Waals surface area contributed by atoms with E-state index >= 15 is 0 Å². The summed E-state index contributed by atoms with van der Waals surface area (Å²) in [5, 5.41) is 11.0. The van der Waals surface area contributed by atoms with Crippen molar-refractivity contribution in [1.29, 1.82) is 0 Å². The predicted octanol–water partition coefficient (Wildman–Crippen LogP) is 3.15. The second-order valence-corrected chi connectivity index (χ2v) is 4.94. The van der Waals surface area contributed by atoms with Crippen molar-refractivity contribution in [2.24, 2.45) is 0 Å². The van der Waals surface area contributed by atoms with Crippen molar-refractivity contribution in [3.05, 3.63) is 33.4 Å². The highest BCUT2D eigenvalue weighted by molar-refractivity contribution is 5.59. The topological polar surface area (TPSA) is 61.6 Å². The monoisotopic (exact) mass is 251 g/mol. The van der Waals surface area contributed by atoms with Crippen LogP contribution in [0.25, 0.3) is 0 Å². The fourth-order valence-electron chi connectivity index (χ4n) is 2.38. The largest absolute Gasteiger partial charge is 0.477 e. The number of fused-ring (bicyclic) bond motifs is 1. The molecule has 0 fully saturated rings. The molecule has 0 aliphatic carbocycles. The van der Waals surface area contributed by atoms with Crippen LogP contribution in [-0.2, 0) is 4.74 Å². The number of nitro benzene ring substituents is 1. The Kier molecular flexibility index (Phi) is 3.02. The Morgan fingerprint density at radius 3 is 2.72 bits per heavy atom. The first-order valence-electron chi connectivity index (χ1n) is 5.97. The molecule has 0 amide bonds. The minimum Gasteiger partial charge on any atom is -0.477 e. The van der Waals surface area contributed by atoms with E-state index < -0.39 is 10.5 Å². The first kappa shape index (κ1) is 12.8. The van der Waals surface area contributed by atoms with Gasteiger partial charge in [-0.3, -0.25) is 10.1 Å². The van der Waals surface area contributed by atoms with Crippen LogP contribution < -0.4 is 4.74 Å². The Hall–Kier alpha value is -1.62. The van der Waals surface area contributed by atoms with Crippen LogP contribution >= 0.6 is 0 Å². The van der Waals surface area contributed by atoms with E-state index in [1.165, 1.54) is 6.07 Å². The van der Waals surface area contributed by atoms with Gasteiger partial charge in [-0.15, -0.1) is 0 Å². The van der Waals surface area contributed by atoms with Crippen molar-refractivity contribution in [2.45, 2.75) is 39.4 Å². The summed E-state index contributed by atoms with van der Waals surface area (Å²) >= 11 is 0. The fourth-order valence-corrected chi connectivity index (χ4v) is 2.38. The summed E-state index contributed by atoms with van der Waals surface area (Å²) in [6.07, 6.45) is -0.266. The van der Waals surface area contributed by atoms with Crippen LogP contribution in [0.15, 0.2) is 12.1 Å². The van der Waals surface area contributed by atoms with Crippen LogP contribution in [0.4, 0.5) is 5.69 Å². The van der Waals surface area contributed by atoms with E-state index in [-0.39, 0.29) is 11.8 Å². The minimum atomic E-state index is -0.588. The molecule has 98 valence electrons. The molecule has 1 unspecified atom stereocenters. The van der Waals surface area contributed by atoms with E-state index in [2.05, 4.69) is 0 Å². The van der Waals surface area contributed by atoms with Gasteiger partial charge in [-0.25, -0.2) is 0 Å². The molecule has 0 radical (unpaired) electrons. The molecule has 1 aromatic carbocycles. The SMILES string of the molecule is CCOC1c2c(C)ccc([N+](=O)[O-])c2OC1(C)C. The smallest absolute Gasteiger partial charge is 0.311 e. The Labute approximate surface area is 106 Å². The van der Waals surface area contributed by atoms with E-state index in [0.29, 0.717) is 12.4 Å². The number of nitro groups is 1. The Balaban J connectivity index is 2.61. The average Bonchev–Trinajstić information content (AvgIpc) is 2.52. The number of ether oxygens (including phenoxy) is 2. The molecule has 1 atom stereocenters. The summed E-state index contributed by atoms with van der Waals surface area (Å²) in [7, 11) is 0. The average molecular weight is 251 g/mol. The first-order chi connectivity index (χ1) is 8.38. The van der Waals surface area contributed by atoms with Crippen molar-refractivity contribution >= 4 is 5.69 Å². The van der Waals surface area contributed by atoms with E-state index in [0.717, 1.165) is 11.1 Å². The summed E-state index contributed by atoms with van der Waals surface area (Å²) in [5.74, 6) is 0.350. The number of nitrogens with zero attached hydrogens (tertiary/aromatic N) is 1. The minimum absolute atomic E-state index is 0.00544. The van der Waals surface area contributed by atoms with Crippen LogP contribution in [0.1, 0.15) is 38.0 Å². The molecular formula is C13H17NO4. The predicted molar refractivity (Wildman–Crippen MR) is 66.9 cm³/mol. The highest BCUT2D eigenvalue weighted by Crippen LogP contribution is 2.50. The lowest BCUT2D eigenvalue weighted by molar-refractivity contribution is -0.386.